The van der Waals surface area contributed by atoms with Crippen molar-refractivity contribution in [3.63, 3.8) is 0 Å². The molecule has 6 heteroatoms. The Kier molecular flexibility index (Phi) is 4.16. The van der Waals surface area contributed by atoms with E-state index in [4.69, 9.17) is 4.74 Å². The number of carbonyl (C=O) groups is 1. The minimum Gasteiger partial charge on any atom is -0.497 e. The van der Waals surface area contributed by atoms with Crippen molar-refractivity contribution in [3.05, 3.63) is 66.0 Å². The second-order valence-electron chi connectivity index (χ2n) is 6.47. The number of methoxy groups -OCH3 is 1. The van der Waals surface area contributed by atoms with Gasteiger partial charge >= 0.3 is 0 Å². The molecule has 6 nitrogen and oxygen atoms in total. The molecule has 1 aliphatic carbocycles. The Bertz CT molecular complexity index is 899. The number of H-pyrrole nitrogens is 1. The van der Waals surface area contributed by atoms with Crippen LogP contribution in [0.2, 0.25) is 0 Å². The summed E-state index contributed by atoms with van der Waals surface area (Å²) in [6.45, 7) is 0.330. The van der Waals surface area contributed by atoms with Crippen molar-refractivity contribution in [1.29, 1.82) is 0 Å². The second-order valence-corrected chi connectivity index (χ2v) is 6.47. The third kappa shape index (κ3) is 3.06. The zero-order valence-electron chi connectivity index (χ0n) is 14.5. The quantitative estimate of drug-likeness (QED) is 0.718. The van der Waals surface area contributed by atoms with Crippen LogP contribution >= 0.6 is 0 Å². The maximum atomic E-state index is 12.7. The molecule has 1 amide bonds. The third-order valence-corrected chi connectivity index (χ3v) is 4.81. The van der Waals surface area contributed by atoms with E-state index in [1.165, 1.54) is 0 Å². The Balaban J connectivity index is 1.41. The number of amides is 1. The number of aromatic amines is 1. The molecule has 0 spiro atoms. The average molecular weight is 348 g/mol. The molecule has 1 heterocycles. The van der Waals surface area contributed by atoms with Crippen LogP contribution in [0.3, 0.4) is 0 Å². The number of aromatic nitrogens is 3. The molecule has 2 aromatic carbocycles. The first-order chi connectivity index (χ1) is 12.7. The van der Waals surface area contributed by atoms with Gasteiger partial charge in [0, 0.05) is 5.56 Å². The van der Waals surface area contributed by atoms with Gasteiger partial charge in [-0.2, -0.15) is 5.10 Å². The Morgan fingerprint density at radius 3 is 2.54 bits per heavy atom. The first-order valence-electron chi connectivity index (χ1n) is 8.61. The fourth-order valence-electron chi connectivity index (χ4n) is 3.11. The molecule has 3 aromatic rings. The van der Waals surface area contributed by atoms with Crippen LogP contribution in [0.25, 0.3) is 11.4 Å². The van der Waals surface area contributed by atoms with E-state index in [1.54, 1.807) is 7.11 Å². The summed E-state index contributed by atoms with van der Waals surface area (Å²) in [6, 6.07) is 17.5. The monoisotopic (exact) mass is 348 g/mol. The van der Waals surface area contributed by atoms with Gasteiger partial charge in [-0.1, -0.05) is 30.3 Å². The van der Waals surface area contributed by atoms with E-state index in [0.29, 0.717) is 18.2 Å². The van der Waals surface area contributed by atoms with E-state index in [9.17, 15) is 4.79 Å². The molecule has 0 bridgehead atoms. The molecule has 1 aliphatic rings. The highest BCUT2D eigenvalue weighted by atomic mass is 16.5. The molecule has 0 saturated heterocycles. The molecular formula is C20H20N4O2. The van der Waals surface area contributed by atoms with E-state index in [-0.39, 0.29) is 11.3 Å². The molecule has 132 valence electrons. The van der Waals surface area contributed by atoms with Crippen LogP contribution in [-0.4, -0.2) is 28.2 Å². The van der Waals surface area contributed by atoms with Gasteiger partial charge in [0.15, 0.2) is 5.82 Å². The number of nitrogens with zero attached hydrogens (tertiary/aromatic N) is 2. The second kappa shape index (κ2) is 6.63. The lowest BCUT2D eigenvalue weighted by Gasteiger charge is -2.14. The summed E-state index contributed by atoms with van der Waals surface area (Å²) in [6.07, 6.45) is 1.77. The lowest BCUT2D eigenvalue weighted by Crippen LogP contribution is -2.34. The first-order valence-corrected chi connectivity index (χ1v) is 8.61. The smallest absolute Gasteiger partial charge is 0.231 e. The maximum Gasteiger partial charge on any atom is 0.231 e. The highest BCUT2D eigenvalue weighted by molar-refractivity contribution is 5.91. The summed E-state index contributed by atoms with van der Waals surface area (Å²) in [5, 5.41) is 10.1. The third-order valence-electron chi connectivity index (χ3n) is 4.81. The van der Waals surface area contributed by atoms with E-state index in [2.05, 4.69) is 20.5 Å². The Morgan fingerprint density at radius 2 is 1.88 bits per heavy atom. The zero-order valence-corrected chi connectivity index (χ0v) is 14.5. The van der Waals surface area contributed by atoms with Gasteiger partial charge in [-0.05, 0) is 42.7 Å². The summed E-state index contributed by atoms with van der Waals surface area (Å²) in [7, 11) is 1.63. The van der Waals surface area contributed by atoms with Crippen LogP contribution in [-0.2, 0) is 16.8 Å². The number of benzene rings is 2. The van der Waals surface area contributed by atoms with Gasteiger partial charge in [0.2, 0.25) is 5.91 Å². The van der Waals surface area contributed by atoms with Gasteiger partial charge in [-0.25, -0.2) is 4.98 Å². The standard InChI is InChI=1S/C20H20N4O2/c1-26-16-9-7-14(8-10-16)18-22-17(23-24-18)13-21-19(25)20(11-12-20)15-5-3-2-4-6-15/h2-10H,11-13H2,1H3,(H,21,25)(H,22,23,24). The molecule has 2 N–H and O–H groups in total. The van der Waals surface area contributed by atoms with Crippen LogP contribution in [0.15, 0.2) is 54.6 Å². The van der Waals surface area contributed by atoms with Gasteiger partial charge in [0.05, 0.1) is 19.1 Å². The molecule has 0 aliphatic heterocycles. The normalized spacial score (nSPS) is 14.7. The van der Waals surface area contributed by atoms with E-state index < -0.39 is 0 Å². The van der Waals surface area contributed by atoms with E-state index in [0.717, 1.165) is 29.7 Å². The fourth-order valence-corrected chi connectivity index (χ4v) is 3.11. The summed E-state index contributed by atoms with van der Waals surface area (Å²) in [4.78, 5) is 17.1. The van der Waals surface area contributed by atoms with E-state index in [1.807, 2.05) is 54.6 Å². The number of rotatable bonds is 6. The van der Waals surface area contributed by atoms with Gasteiger partial charge in [-0.3, -0.25) is 9.89 Å². The summed E-state index contributed by atoms with van der Waals surface area (Å²) >= 11 is 0. The number of nitrogens with one attached hydrogen (secondary N) is 2. The predicted molar refractivity (Wildman–Crippen MR) is 97.6 cm³/mol. The minimum atomic E-state index is -0.375. The van der Waals surface area contributed by atoms with E-state index >= 15 is 0 Å². The molecule has 1 aromatic heterocycles. The van der Waals surface area contributed by atoms with Gasteiger partial charge < -0.3 is 10.1 Å². The lowest BCUT2D eigenvalue weighted by molar-refractivity contribution is -0.123. The van der Waals surface area contributed by atoms with Crippen molar-refractivity contribution in [3.8, 4) is 17.1 Å². The molecule has 0 atom stereocenters. The van der Waals surface area contributed by atoms with Crippen molar-refractivity contribution in [2.24, 2.45) is 0 Å². The topological polar surface area (TPSA) is 79.9 Å². The van der Waals surface area contributed by atoms with Crippen molar-refractivity contribution in [2.45, 2.75) is 24.8 Å². The average Bonchev–Trinajstić information content (AvgIpc) is 3.39. The van der Waals surface area contributed by atoms with Crippen molar-refractivity contribution < 1.29 is 9.53 Å². The van der Waals surface area contributed by atoms with Crippen LogP contribution in [0.5, 0.6) is 5.75 Å². The number of carbonyl (C=O) groups excluding carboxylic acids is 1. The SMILES string of the molecule is COc1ccc(-c2n[nH]c(CNC(=O)C3(c4ccccc4)CC3)n2)cc1. The Labute approximate surface area is 151 Å². The number of ether oxygens (including phenoxy) is 1. The van der Waals surface area contributed by atoms with Crippen molar-refractivity contribution >= 4 is 5.91 Å². The maximum absolute atomic E-state index is 12.7. The largest absolute Gasteiger partial charge is 0.497 e. The minimum absolute atomic E-state index is 0.0473. The van der Waals surface area contributed by atoms with Crippen LogP contribution in [0.1, 0.15) is 24.2 Å². The van der Waals surface area contributed by atoms with Gasteiger partial charge in [0.1, 0.15) is 11.6 Å². The van der Waals surface area contributed by atoms with Crippen LogP contribution < -0.4 is 10.1 Å². The van der Waals surface area contributed by atoms with Gasteiger partial charge in [0.25, 0.3) is 0 Å². The molecule has 4 rings (SSSR count). The lowest BCUT2D eigenvalue weighted by atomic mass is 9.95. The van der Waals surface area contributed by atoms with Gasteiger partial charge in [-0.15, -0.1) is 0 Å². The Morgan fingerprint density at radius 1 is 1.15 bits per heavy atom. The highest BCUT2D eigenvalue weighted by Gasteiger charge is 2.50. The number of hydrogen-bond donors (Lipinski definition) is 2. The summed E-state index contributed by atoms with van der Waals surface area (Å²) in [5.74, 6) is 2.06. The van der Waals surface area contributed by atoms with Crippen LogP contribution in [0.4, 0.5) is 0 Å². The fraction of sp³-hybridized carbons (Fsp3) is 0.250. The molecule has 26 heavy (non-hydrogen) atoms. The molecule has 1 fully saturated rings. The first kappa shape index (κ1) is 16.3. The molecule has 0 unspecified atom stereocenters. The summed E-state index contributed by atoms with van der Waals surface area (Å²) in [5.41, 5.74) is 1.59. The van der Waals surface area contributed by atoms with Crippen molar-refractivity contribution in [1.82, 2.24) is 20.5 Å². The Hall–Kier alpha value is -3.15. The van der Waals surface area contributed by atoms with Crippen molar-refractivity contribution in [2.75, 3.05) is 7.11 Å². The molecule has 0 radical (unpaired) electrons. The predicted octanol–water partition coefficient (Wildman–Crippen LogP) is 2.83. The zero-order chi connectivity index (χ0) is 18.0. The summed E-state index contributed by atoms with van der Waals surface area (Å²) < 4.78 is 5.15. The highest BCUT2D eigenvalue weighted by Crippen LogP contribution is 2.48. The molecule has 1 saturated carbocycles. The van der Waals surface area contributed by atoms with Crippen LogP contribution in [0, 0.1) is 0 Å². The molecular weight excluding hydrogens is 328 g/mol. The number of hydrogen-bond acceptors (Lipinski definition) is 4.